The van der Waals surface area contributed by atoms with Crippen molar-refractivity contribution in [3.63, 3.8) is 0 Å². The Morgan fingerprint density at radius 2 is 1.65 bits per heavy atom. The molecule has 0 unspecified atom stereocenters. The summed E-state index contributed by atoms with van der Waals surface area (Å²) in [6.45, 7) is 1.26. The Labute approximate surface area is 190 Å². The number of H-pyrrole nitrogens is 1. The van der Waals surface area contributed by atoms with Gasteiger partial charge in [-0.2, -0.15) is 28.6 Å². The van der Waals surface area contributed by atoms with E-state index in [4.69, 9.17) is 4.74 Å². The van der Waals surface area contributed by atoms with Crippen LogP contribution in [0.2, 0.25) is 0 Å². The Morgan fingerprint density at radius 3 is 2.32 bits per heavy atom. The fourth-order valence-electron chi connectivity index (χ4n) is 4.54. The fourth-order valence-corrected chi connectivity index (χ4v) is 4.54. The number of hydrogen-bond acceptors (Lipinski definition) is 5. The van der Waals surface area contributed by atoms with E-state index in [0.717, 1.165) is 12.1 Å². The lowest BCUT2D eigenvalue weighted by Gasteiger charge is -2.21. The van der Waals surface area contributed by atoms with Gasteiger partial charge in [-0.1, -0.05) is 6.07 Å². The number of aromatic amines is 1. The first-order chi connectivity index (χ1) is 16.2. The number of likely N-dealkylation sites (tertiary alicyclic amines) is 2. The van der Waals surface area contributed by atoms with Crippen LogP contribution in [0.3, 0.4) is 0 Å². The van der Waals surface area contributed by atoms with Gasteiger partial charge < -0.3 is 14.5 Å². The molecule has 0 bridgehead atoms. The molecule has 3 aromatic rings. The zero-order valence-electron chi connectivity index (χ0n) is 17.7. The van der Waals surface area contributed by atoms with Gasteiger partial charge in [0.25, 0.3) is 5.91 Å². The van der Waals surface area contributed by atoms with Crippen LogP contribution in [0.25, 0.3) is 11.0 Å². The molecule has 1 aromatic heterocycles. The van der Waals surface area contributed by atoms with Crippen LogP contribution in [0, 0.1) is 17.7 Å². The summed E-state index contributed by atoms with van der Waals surface area (Å²) in [5, 5.41) is 10.5. The van der Waals surface area contributed by atoms with E-state index in [0.29, 0.717) is 48.8 Å². The van der Waals surface area contributed by atoms with Gasteiger partial charge in [0.15, 0.2) is 0 Å². The van der Waals surface area contributed by atoms with Crippen LogP contribution in [0.15, 0.2) is 36.4 Å². The lowest BCUT2D eigenvalue weighted by molar-refractivity contribution is -0.137. The average Bonchev–Trinajstić information content (AvgIpc) is 3.51. The van der Waals surface area contributed by atoms with Crippen molar-refractivity contribution in [2.75, 3.05) is 26.2 Å². The van der Waals surface area contributed by atoms with E-state index in [9.17, 15) is 27.2 Å². The number of amides is 2. The summed E-state index contributed by atoms with van der Waals surface area (Å²) in [6.07, 6.45) is -5.32. The van der Waals surface area contributed by atoms with Gasteiger partial charge in [0, 0.05) is 49.1 Å². The standard InChI is InChI=1S/C22H19F4N5O3/c23-17-6-16(22(24,25)26)3-1-13(17)11-34-21(33)31-9-14-7-30(8-15(14)10-31)20(32)12-2-4-18-19(5-12)28-29-27-18/h1-6,14-15H,7-11H2,(H,27,28,29)/t14-,15-/m0/s1. The highest BCUT2D eigenvalue weighted by Crippen LogP contribution is 2.33. The second-order valence-electron chi connectivity index (χ2n) is 8.52. The van der Waals surface area contributed by atoms with Crippen LogP contribution in [0.1, 0.15) is 21.5 Å². The largest absolute Gasteiger partial charge is 0.444 e. The minimum Gasteiger partial charge on any atom is -0.444 e. The number of nitrogens with zero attached hydrogens (tertiary/aromatic N) is 4. The molecular formula is C22H19F4N5O3. The number of ether oxygens (including phenoxy) is 1. The Hall–Kier alpha value is -3.70. The van der Waals surface area contributed by atoms with Crippen molar-refractivity contribution in [2.24, 2.45) is 11.8 Å². The Kier molecular flexibility index (Phi) is 5.37. The quantitative estimate of drug-likeness (QED) is 0.584. The number of halogens is 4. The van der Waals surface area contributed by atoms with Crippen molar-refractivity contribution in [2.45, 2.75) is 12.8 Å². The normalized spacial score (nSPS) is 20.1. The van der Waals surface area contributed by atoms with Gasteiger partial charge >= 0.3 is 12.3 Å². The lowest BCUT2D eigenvalue weighted by Crippen LogP contribution is -2.35. The van der Waals surface area contributed by atoms with Crippen molar-refractivity contribution >= 4 is 23.0 Å². The number of rotatable bonds is 3. The van der Waals surface area contributed by atoms with Crippen LogP contribution in [-0.4, -0.2) is 63.4 Å². The molecule has 0 radical (unpaired) electrons. The molecule has 2 saturated heterocycles. The molecule has 0 aliphatic carbocycles. The molecule has 2 atom stereocenters. The highest BCUT2D eigenvalue weighted by molar-refractivity contribution is 5.97. The number of carbonyl (C=O) groups excluding carboxylic acids is 2. The van der Waals surface area contributed by atoms with E-state index in [1.807, 2.05) is 0 Å². The molecule has 2 aliphatic heterocycles. The minimum absolute atomic E-state index is 0.0788. The zero-order valence-corrected chi connectivity index (χ0v) is 17.7. The van der Waals surface area contributed by atoms with Gasteiger partial charge in [-0.3, -0.25) is 4.79 Å². The number of fused-ring (bicyclic) bond motifs is 2. The number of alkyl halides is 3. The third-order valence-electron chi connectivity index (χ3n) is 6.33. The predicted octanol–water partition coefficient (Wildman–Crippen LogP) is 3.46. The van der Waals surface area contributed by atoms with Gasteiger partial charge in [0.1, 0.15) is 23.5 Å². The van der Waals surface area contributed by atoms with Crippen LogP contribution >= 0.6 is 0 Å². The number of aromatic nitrogens is 3. The van der Waals surface area contributed by atoms with Crippen LogP contribution in [0.5, 0.6) is 0 Å². The molecule has 2 fully saturated rings. The third-order valence-corrected chi connectivity index (χ3v) is 6.33. The number of nitrogens with one attached hydrogen (secondary N) is 1. The van der Waals surface area contributed by atoms with E-state index in [2.05, 4.69) is 15.4 Å². The van der Waals surface area contributed by atoms with Crippen LogP contribution < -0.4 is 0 Å². The lowest BCUT2D eigenvalue weighted by atomic mass is 10.0. The monoisotopic (exact) mass is 477 g/mol. The van der Waals surface area contributed by atoms with Crippen molar-refractivity contribution in [3.05, 3.63) is 58.9 Å². The SMILES string of the molecule is O=C(OCc1ccc(C(F)(F)F)cc1F)N1C[C@@H]2CN(C(=O)c3ccc4n[nH]nc4c3)C[C@H]2C1. The van der Waals surface area contributed by atoms with Gasteiger partial charge in [-0.25, -0.2) is 9.18 Å². The summed E-state index contributed by atoms with van der Waals surface area (Å²) in [6, 6.07) is 7.20. The zero-order chi connectivity index (χ0) is 24.0. The van der Waals surface area contributed by atoms with E-state index in [-0.39, 0.29) is 23.3 Å². The molecule has 5 rings (SSSR count). The van der Waals surface area contributed by atoms with Crippen molar-refractivity contribution in [3.8, 4) is 0 Å². The van der Waals surface area contributed by atoms with Gasteiger partial charge in [-0.05, 0) is 30.3 Å². The molecular weight excluding hydrogens is 458 g/mol. The third kappa shape index (κ3) is 4.15. The summed E-state index contributed by atoms with van der Waals surface area (Å²) in [7, 11) is 0. The Balaban J connectivity index is 1.15. The minimum atomic E-state index is -4.65. The molecule has 0 spiro atoms. The predicted molar refractivity (Wildman–Crippen MR) is 110 cm³/mol. The fraction of sp³-hybridized carbons (Fsp3) is 0.364. The highest BCUT2D eigenvalue weighted by Gasteiger charge is 2.43. The summed E-state index contributed by atoms with van der Waals surface area (Å²) in [5.41, 5.74) is 0.536. The summed E-state index contributed by atoms with van der Waals surface area (Å²) in [5.74, 6) is -1.05. The topological polar surface area (TPSA) is 91.4 Å². The molecule has 2 amide bonds. The molecule has 12 heteroatoms. The molecule has 2 aliphatic rings. The molecule has 0 saturated carbocycles. The maximum Gasteiger partial charge on any atom is 0.416 e. The van der Waals surface area contributed by atoms with Crippen molar-refractivity contribution in [1.82, 2.24) is 25.2 Å². The van der Waals surface area contributed by atoms with Crippen molar-refractivity contribution in [1.29, 1.82) is 0 Å². The first-order valence-electron chi connectivity index (χ1n) is 10.6. The summed E-state index contributed by atoms with van der Waals surface area (Å²) < 4.78 is 57.1. The smallest absolute Gasteiger partial charge is 0.416 e. The molecule has 1 N–H and O–H groups in total. The summed E-state index contributed by atoms with van der Waals surface area (Å²) >= 11 is 0. The van der Waals surface area contributed by atoms with E-state index < -0.39 is 30.3 Å². The second-order valence-corrected chi connectivity index (χ2v) is 8.52. The highest BCUT2D eigenvalue weighted by atomic mass is 19.4. The second kappa shape index (κ2) is 8.26. The molecule has 3 heterocycles. The molecule has 178 valence electrons. The van der Waals surface area contributed by atoms with Crippen LogP contribution in [0.4, 0.5) is 22.4 Å². The average molecular weight is 477 g/mol. The number of hydrogen-bond donors (Lipinski definition) is 1. The van der Waals surface area contributed by atoms with Gasteiger partial charge in [0.05, 0.1) is 5.56 Å². The Bertz CT molecular complexity index is 1250. The molecule has 2 aromatic carbocycles. The first kappa shape index (κ1) is 22.1. The maximum absolute atomic E-state index is 14.0. The van der Waals surface area contributed by atoms with E-state index >= 15 is 0 Å². The Morgan fingerprint density at radius 1 is 0.971 bits per heavy atom. The number of benzene rings is 2. The molecule has 34 heavy (non-hydrogen) atoms. The summed E-state index contributed by atoms with van der Waals surface area (Å²) in [4.78, 5) is 28.6. The van der Waals surface area contributed by atoms with Gasteiger partial charge in [0.2, 0.25) is 0 Å². The van der Waals surface area contributed by atoms with E-state index in [1.54, 1.807) is 23.1 Å². The maximum atomic E-state index is 14.0. The van der Waals surface area contributed by atoms with E-state index in [1.165, 1.54) is 4.90 Å². The van der Waals surface area contributed by atoms with Gasteiger partial charge in [-0.15, -0.1) is 0 Å². The molecule has 8 nitrogen and oxygen atoms in total. The van der Waals surface area contributed by atoms with Crippen molar-refractivity contribution < 1.29 is 31.9 Å². The number of carbonyl (C=O) groups is 2. The van der Waals surface area contributed by atoms with Crippen LogP contribution in [-0.2, 0) is 17.5 Å². The first-order valence-corrected chi connectivity index (χ1v) is 10.6.